The van der Waals surface area contributed by atoms with E-state index in [1.54, 1.807) is 6.92 Å². The van der Waals surface area contributed by atoms with Gasteiger partial charge in [-0.15, -0.1) is 23.2 Å². The molecule has 2 N–H and O–H groups in total. The fourth-order valence-electron chi connectivity index (χ4n) is 0.932. The van der Waals surface area contributed by atoms with Gasteiger partial charge in [-0.1, -0.05) is 0 Å². The smallest absolute Gasteiger partial charge is 0.330 e. The van der Waals surface area contributed by atoms with Crippen molar-refractivity contribution in [2.24, 2.45) is 0 Å². The van der Waals surface area contributed by atoms with Crippen molar-refractivity contribution in [2.75, 3.05) is 24.9 Å². The molecule has 0 bridgehead atoms. The van der Waals surface area contributed by atoms with E-state index in [1.807, 2.05) is 0 Å². The average Bonchev–Trinajstić information content (AvgIpc) is 2.33. The van der Waals surface area contributed by atoms with Gasteiger partial charge in [0.1, 0.15) is 17.8 Å². The number of rotatable bonds is 7. The van der Waals surface area contributed by atoms with Crippen molar-refractivity contribution in [3.8, 4) is 0 Å². The molecule has 0 fully saturated rings. The zero-order valence-corrected chi connectivity index (χ0v) is 10.8. The molecule has 1 atom stereocenters. The highest BCUT2D eigenvalue weighted by atomic mass is 35.5. The van der Waals surface area contributed by atoms with E-state index in [9.17, 15) is 14.4 Å². The van der Waals surface area contributed by atoms with Crippen LogP contribution in [0.4, 0.5) is 0 Å². The number of alkyl halides is 2. The van der Waals surface area contributed by atoms with Crippen LogP contribution in [0.2, 0.25) is 0 Å². The molecule has 0 saturated carbocycles. The summed E-state index contributed by atoms with van der Waals surface area (Å²) in [6.07, 6.45) is 0. The molecule has 6 nitrogen and oxygen atoms in total. The Bertz CT molecular complexity index is 286. The second-order valence-electron chi connectivity index (χ2n) is 2.94. The van der Waals surface area contributed by atoms with Gasteiger partial charge in [-0.3, -0.25) is 9.59 Å². The van der Waals surface area contributed by atoms with Crippen molar-refractivity contribution >= 4 is 41.0 Å². The summed E-state index contributed by atoms with van der Waals surface area (Å²) in [6.45, 7) is 1.72. The van der Waals surface area contributed by atoms with Crippen molar-refractivity contribution in [3.05, 3.63) is 0 Å². The van der Waals surface area contributed by atoms with Gasteiger partial charge in [0, 0.05) is 6.54 Å². The van der Waals surface area contributed by atoms with Gasteiger partial charge in [0.25, 0.3) is 0 Å². The summed E-state index contributed by atoms with van der Waals surface area (Å²) in [5.41, 5.74) is 0. The fraction of sp³-hybridized carbons (Fsp3) is 0.667. The standard InChI is InChI=1S/C9H14Cl2N2O4/c1-2-17-9(16)6(13-8(15)4-11)5-12-7(14)3-10/h6H,2-5H2,1H3,(H,12,14)(H,13,15). The van der Waals surface area contributed by atoms with Crippen molar-refractivity contribution in [3.63, 3.8) is 0 Å². The van der Waals surface area contributed by atoms with Crippen molar-refractivity contribution < 1.29 is 19.1 Å². The molecule has 17 heavy (non-hydrogen) atoms. The highest BCUT2D eigenvalue weighted by Gasteiger charge is 2.22. The number of halogens is 2. The van der Waals surface area contributed by atoms with Crippen LogP contribution in [0.3, 0.4) is 0 Å². The summed E-state index contributed by atoms with van der Waals surface area (Å²) in [4.78, 5) is 33.4. The van der Waals surface area contributed by atoms with Crippen LogP contribution in [0.25, 0.3) is 0 Å². The van der Waals surface area contributed by atoms with Crippen LogP contribution in [-0.4, -0.2) is 48.7 Å². The first-order chi connectivity index (χ1) is 8.04. The number of hydrogen-bond acceptors (Lipinski definition) is 4. The average molecular weight is 285 g/mol. The Hall–Kier alpha value is -1.01. The maximum Gasteiger partial charge on any atom is 0.330 e. The SMILES string of the molecule is CCOC(=O)C(CNC(=O)CCl)NC(=O)CCl. The number of esters is 1. The number of carbonyl (C=O) groups is 3. The fourth-order valence-corrected chi connectivity index (χ4v) is 1.10. The van der Waals surface area contributed by atoms with Gasteiger partial charge in [0.05, 0.1) is 6.61 Å². The van der Waals surface area contributed by atoms with Crippen LogP contribution in [0, 0.1) is 0 Å². The van der Waals surface area contributed by atoms with E-state index >= 15 is 0 Å². The summed E-state index contributed by atoms with van der Waals surface area (Å²) in [5.74, 6) is -2.11. The lowest BCUT2D eigenvalue weighted by Crippen LogP contribution is -2.49. The van der Waals surface area contributed by atoms with Gasteiger partial charge in [-0.25, -0.2) is 4.79 Å². The van der Waals surface area contributed by atoms with E-state index in [0.717, 1.165) is 0 Å². The molecule has 0 aromatic rings. The number of amides is 2. The zero-order chi connectivity index (χ0) is 13.3. The summed E-state index contributed by atoms with van der Waals surface area (Å²) in [6, 6.07) is -0.964. The van der Waals surface area contributed by atoms with E-state index in [2.05, 4.69) is 10.6 Å². The second kappa shape index (κ2) is 9.07. The third-order valence-electron chi connectivity index (χ3n) is 1.65. The third-order valence-corrected chi connectivity index (χ3v) is 2.14. The Morgan fingerprint density at radius 2 is 1.76 bits per heavy atom. The van der Waals surface area contributed by atoms with E-state index < -0.39 is 23.8 Å². The molecule has 0 rings (SSSR count). The molecule has 2 amide bonds. The lowest BCUT2D eigenvalue weighted by atomic mass is 10.3. The van der Waals surface area contributed by atoms with Crippen LogP contribution >= 0.6 is 23.2 Å². The van der Waals surface area contributed by atoms with Crippen LogP contribution < -0.4 is 10.6 Å². The predicted molar refractivity (Wildman–Crippen MR) is 63.0 cm³/mol. The topological polar surface area (TPSA) is 84.5 Å². The molecule has 0 spiro atoms. The Balaban J connectivity index is 4.34. The minimum Gasteiger partial charge on any atom is -0.464 e. The molecule has 0 aliphatic rings. The van der Waals surface area contributed by atoms with Gasteiger partial charge in [0.15, 0.2) is 0 Å². The van der Waals surface area contributed by atoms with Crippen LogP contribution in [0.15, 0.2) is 0 Å². The second-order valence-corrected chi connectivity index (χ2v) is 3.48. The van der Waals surface area contributed by atoms with Crippen LogP contribution in [-0.2, 0) is 19.1 Å². The summed E-state index contributed by atoms with van der Waals surface area (Å²) >= 11 is 10.6. The highest BCUT2D eigenvalue weighted by Crippen LogP contribution is 1.90. The third kappa shape index (κ3) is 7.01. The molecule has 1 unspecified atom stereocenters. The minimum absolute atomic E-state index is 0.0903. The molecular formula is C9H14Cl2N2O4. The molecule has 0 heterocycles. The first kappa shape index (κ1) is 16.0. The molecule has 0 aromatic carbocycles. The van der Waals surface area contributed by atoms with E-state index in [0.29, 0.717) is 0 Å². The zero-order valence-electron chi connectivity index (χ0n) is 9.29. The molecule has 0 radical (unpaired) electrons. The van der Waals surface area contributed by atoms with Crippen LogP contribution in [0.5, 0.6) is 0 Å². The van der Waals surface area contributed by atoms with Crippen molar-refractivity contribution in [1.29, 1.82) is 0 Å². The lowest BCUT2D eigenvalue weighted by Gasteiger charge is -2.16. The van der Waals surface area contributed by atoms with E-state index in [4.69, 9.17) is 27.9 Å². The Morgan fingerprint density at radius 3 is 2.24 bits per heavy atom. The monoisotopic (exact) mass is 284 g/mol. The lowest BCUT2D eigenvalue weighted by molar-refractivity contribution is -0.147. The van der Waals surface area contributed by atoms with E-state index in [1.165, 1.54) is 0 Å². The van der Waals surface area contributed by atoms with Crippen molar-refractivity contribution in [2.45, 2.75) is 13.0 Å². The largest absolute Gasteiger partial charge is 0.464 e. The summed E-state index contributed by atoms with van der Waals surface area (Å²) < 4.78 is 4.73. The van der Waals surface area contributed by atoms with Crippen LogP contribution in [0.1, 0.15) is 6.92 Å². The highest BCUT2D eigenvalue weighted by molar-refractivity contribution is 6.27. The maximum atomic E-state index is 11.4. The number of carbonyl (C=O) groups excluding carboxylic acids is 3. The Morgan fingerprint density at radius 1 is 1.18 bits per heavy atom. The number of ether oxygens (including phenoxy) is 1. The Labute approximate surface area is 109 Å². The first-order valence-corrected chi connectivity index (χ1v) is 5.96. The summed E-state index contributed by atoms with van der Waals surface area (Å²) in [7, 11) is 0. The molecule has 0 saturated heterocycles. The van der Waals surface area contributed by atoms with Gasteiger partial charge in [0.2, 0.25) is 11.8 Å². The number of nitrogens with one attached hydrogen (secondary N) is 2. The van der Waals surface area contributed by atoms with Gasteiger partial charge < -0.3 is 15.4 Å². The predicted octanol–water partition coefficient (Wildman–Crippen LogP) is -0.372. The van der Waals surface area contributed by atoms with Crippen molar-refractivity contribution in [1.82, 2.24) is 10.6 Å². The number of hydrogen-bond donors (Lipinski definition) is 2. The first-order valence-electron chi connectivity index (χ1n) is 4.89. The molecule has 98 valence electrons. The Kier molecular flexibility index (Phi) is 8.53. The molecule has 0 aromatic heterocycles. The van der Waals surface area contributed by atoms with Gasteiger partial charge in [-0.2, -0.15) is 0 Å². The maximum absolute atomic E-state index is 11.4. The van der Waals surface area contributed by atoms with Gasteiger partial charge >= 0.3 is 5.97 Å². The summed E-state index contributed by atoms with van der Waals surface area (Å²) in [5, 5.41) is 4.70. The molecule has 8 heteroatoms. The molecule has 0 aliphatic carbocycles. The molecular weight excluding hydrogens is 271 g/mol. The quantitative estimate of drug-likeness (QED) is 0.493. The van der Waals surface area contributed by atoms with E-state index in [-0.39, 0.29) is 24.9 Å². The minimum atomic E-state index is -0.964. The van der Waals surface area contributed by atoms with Gasteiger partial charge in [-0.05, 0) is 6.92 Å². The molecule has 0 aliphatic heterocycles. The normalized spacial score (nSPS) is 11.5.